The lowest BCUT2D eigenvalue weighted by molar-refractivity contribution is 0.328. The van der Waals surface area contributed by atoms with Gasteiger partial charge in [-0.25, -0.2) is 0 Å². The van der Waals surface area contributed by atoms with E-state index in [1.165, 1.54) is 19.3 Å². The summed E-state index contributed by atoms with van der Waals surface area (Å²) in [6.45, 7) is 7.13. The van der Waals surface area contributed by atoms with E-state index in [4.69, 9.17) is 0 Å². The normalized spacial score (nSPS) is 26.1. The van der Waals surface area contributed by atoms with Gasteiger partial charge in [0.05, 0.1) is 0 Å². The van der Waals surface area contributed by atoms with Crippen molar-refractivity contribution in [2.24, 2.45) is 11.8 Å². The number of aryl methyl sites for hydroxylation is 1. The zero-order valence-electron chi connectivity index (χ0n) is 10.2. The summed E-state index contributed by atoms with van der Waals surface area (Å²) >= 11 is 0. The molecule has 0 spiro atoms. The van der Waals surface area contributed by atoms with E-state index in [0.717, 1.165) is 17.8 Å². The molecule has 0 heterocycles. The average Bonchev–Trinajstić information content (AvgIpc) is 2.39. The maximum atomic E-state index is 2.39. The third-order valence-electron chi connectivity index (χ3n) is 3.97. The van der Waals surface area contributed by atoms with Gasteiger partial charge < -0.3 is 0 Å². The summed E-state index contributed by atoms with van der Waals surface area (Å²) in [7, 11) is 0. The van der Waals surface area contributed by atoms with Crippen LogP contribution in [0.25, 0.3) is 0 Å². The molecule has 0 amide bonds. The minimum absolute atomic E-state index is 0.746. The standard InChI is InChI=1S/C15H22/c1-11(2)14-9-8-13-6-4-5-7-15(13)12(3)10-14/h4-7,11-12,14H,8-10H2,1-3H3/t12-,14+/m1/s1. The second-order valence-electron chi connectivity index (χ2n) is 5.38. The van der Waals surface area contributed by atoms with E-state index in [9.17, 15) is 0 Å². The summed E-state index contributed by atoms with van der Waals surface area (Å²) in [5.41, 5.74) is 3.19. The van der Waals surface area contributed by atoms with Crippen LogP contribution in [0.1, 0.15) is 50.7 Å². The van der Waals surface area contributed by atoms with Crippen LogP contribution < -0.4 is 0 Å². The van der Waals surface area contributed by atoms with Crippen LogP contribution in [-0.2, 0) is 6.42 Å². The fourth-order valence-electron chi connectivity index (χ4n) is 2.89. The smallest absolute Gasteiger partial charge is 0.0185 e. The lowest BCUT2D eigenvalue weighted by atomic mass is 9.85. The maximum Gasteiger partial charge on any atom is -0.0185 e. The van der Waals surface area contributed by atoms with E-state index in [1.54, 1.807) is 11.1 Å². The first-order valence-electron chi connectivity index (χ1n) is 6.26. The summed E-state index contributed by atoms with van der Waals surface area (Å²) in [6.07, 6.45) is 4.02. The van der Waals surface area contributed by atoms with E-state index >= 15 is 0 Å². The lowest BCUT2D eigenvalue weighted by Gasteiger charge is -2.21. The molecular formula is C15H22. The number of benzene rings is 1. The predicted molar refractivity (Wildman–Crippen MR) is 66.1 cm³/mol. The van der Waals surface area contributed by atoms with Gasteiger partial charge in [-0.05, 0) is 48.1 Å². The van der Waals surface area contributed by atoms with Crippen LogP contribution in [0, 0.1) is 11.8 Å². The Kier molecular flexibility index (Phi) is 3.14. The lowest BCUT2D eigenvalue weighted by Crippen LogP contribution is -2.10. The van der Waals surface area contributed by atoms with Gasteiger partial charge in [0.1, 0.15) is 0 Å². The third kappa shape index (κ3) is 2.25. The molecule has 0 nitrogen and oxygen atoms in total. The molecule has 0 saturated heterocycles. The van der Waals surface area contributed by atoms with Gasteiger partial charge in [0.15, 0.2) is 0 Å². The molecule has 0 saturated carbocycles. The SMILES string of the molecule is CC(C)[C@H]1CCc2ccccc2[C@H](C)C1. The first-order valence-corrected chi connectivity index (χ1v) is 6.26. The van der Waals surface area contributed by atoms with E-state index in [-0.39, 0.29) is 0 Å². The average molecular weight is 202 g/mol. The second kappa shape index (κ2) is 4.38. The molecule has 0 aliphatic heterocycles. The number of hydrogen-bond donors (Lipinski definition) is 0. The summed E-state index contributed by atoms with van der Waals surface area (Å²) in [5, 5.41) is 0. The molecule has 0 radical (unpaired) electrons. The van der Waals surface area contributed by atoms with Crippen molar-refractivity contribution in [2.75, 3.05) is 0 Å². The van der Waals surface area contributed by atoms with Gasteiger partial charge in [0, 0.05) is 0 Å². The molecule has 0 fully saturated rings. The fraction of sp³-hybridized carbons (Fsp3) is 0.600. The summed E-state index contributed by atoms with van der Waals surface area (Å²) in [4.78, 5) is 0. The van der Waals surface area contributed by atoms with Gasteiger partial charge in [-0.3, -0.25) is 0 Å². The van der Waals surface area contributed by atoms with E-state index < -0.39 is 0 Å². The number of fused-ring (bicyclic) bond motifs is 1. The van der Waals surface area contributed by atoms with Gasteiger partial charge in [-0.15, -0.1) is 0 Å². The summed E-state index contributed by atoms with van der Waals surface area (Å²) < 4.78 is 0. The molecule has 0 aromatic heterocycles. The Morgan fingerprint density at radius 3 is 2.67 bits per heavy atom. The monoisotopic (exact) mass is 202 g/mol. The molecule has 1 aromatic rings. The molecule has 1 aliphatic rings. The van der Waals surface area contributed by atoms with E-state index in [0.29, 0.717) is 0 Å². The van der Waals surface area contributed by atoms with Crippen molar-refractivity contribution in [2.45, 2.75) is 46.0 Å². The molecule has 1 aromatic carbocycles. The van der Waals surface area contributed by atoms with Gasteiger partial charge >= 0.3 is 0 Å². The van der Waals surface area contributed by atoms with Crippen molar-refractivity contribution in [3.05, 3.63) is 35.4 Å². The Hall–Kier alpha value is -0.780. The van der Waals surface area contributed by atoms with Crippen LogP contribution in [0.3, 0.4) is 0 Å². The highest BCUT2D eigenvalue weighted by Crippen LogP contribution is 2.36. The van der Waals surface area contributed by atoms with Crippen LogP contribution >= 0.6 is 0 Å². The van der Waals surface area contributed by atoms with Crippen LogP contribution in [0.5, 0.6) is 0 Å². The Morgan fingerprint density at radius 2 is 1.93 bits per heavy atom. The van der Waals surface area contributed by atoms with Crippen molar-refractivity contribution in [3.8, 4) is 0 Å². The van der Waals surface area contributed by atoms with Crippen LogP contribution in [0.4, 0.5) is 0 Å². The van der Waals surface area contributed by atoms with Crippen molar-refractivity contribution in [3.63, 3.8) is 0 Å². The quantitative estimate of drug-likeness (QED) is 0.592. The molecule has 0 heteroatoms. The zero-order valence-corrected chi connectivity index (χ0v) is 10.2. The first kappa shape index (κ1) is 10.7. The maximum absolute atomic E-state index is 2.39. The van der Waals surface area contributed by atoms with E-state index in [2.05, 4.69) is 45.0 Å². The molecule has 2 atom stereocenters. The van der Waals surface area contributed by atoms with Gasteiger partial charge in [-0.1, -0.05) is 45.0 Å². The van der Waals surface area contributed by atoms with Crippen LogP contribution in [0.2, 0.25) is 0 Å². The Labute approximate surface area is 93.7 Å². The minimum Gasteiger partial charge on any atom is -0.0625 e. The van der Waals surface area contributed by atoms with Crippen molar-refractivity contribution >= 4 is 0 Å². The number of hydrogen-bond acceptors (Lipinski definition) is 0. The highest BCUT2D eigenvalue weighted by Gasteiger charge is 2.22. The largest absolute Gasteiger partial charge is 0.0625 e. The molecule has 82 valence electrons. The Bertz CT molecular complexity index is 325. The first-order chi connectivity index (χ1) is 7.18. The van der Waals surface area contributed by atoms with Gasteiger partial charge in [0.2, 0.25) is 0 Å². The fourth-order valence-corrected chi connectivity index (χ4v) is 2.89. The molecular weight excluding hydrogens is 180 g/mol. The van der Waals surface area contributed by atoms with Crippen molar-refractivity contribution in [1.29, 1.82) is 0 Å². The molecule has 15 heavy (non-hydrogen) atoms. The Balaban J connectivity index is 2.24. The molecule has 1 aliphatic carbocycles. The highest BCUT2D eigenvalue weighted by atomic mass is 14.3. The van der Waals surface area contributed by atoms with Crippen LogP contribution in [-0.4, -0.2) is 0 Å². The molecule has 0 unspecified atom stereocenters. The topological polar surface area (TPSA) is 0 Å². The van der Waals surface area contributed by atoms with Crippen molar-refractivity contribution in [1.82, 2.24) is 0 Å². The van der Waals surface area contributed by atoms with Crippen LogP contribution in [0.15, 0.2) is 24.3 Å². The van der Waals surface area contributed by atoms with Crippen molar-refractivity contribution < 1.29 is 0 Å². The second-order valence-corrected chi connectivity index (χ2v) is 5.38. The van der Waals surface area contributed by atoms with Gasteiger partial charge in [-0.2, -0.15) is 0 Å². The molecule has 2 rings (SSSR count). The summed E-state index contributed by atoms with van der Waals surface area (Å²) in [5.74, 6) is 2.49. The highest BCUT2D eigenvalue weighted by molar-refractivity contribution is 5.31. The minimum atomic E-state index is 0.746. The molecule has 0 bridgehead atoms. The zero-order chi connectivity index (χ0) is 10.8. The molecule has 0 N–H and O–H groups in total. The summed E-state index contributed by atoms with van der Waals surface area (Å²) in [6, 6.07) is 9.00. The Morgan fingerprint density at radius 1 is 1.20 bits per heavy atom. The third-order valence-corrected chi connectivity index (χ3v) is 3.97. The van der Waals surface area contributed by atoms with Gasteiger partial charge in [0.25, 0.3) is 0 Å². The van der Waals surface area contributed by atoms with E-state index in [1.807, 2.05) is 0 Å². The predicted octanol–water partition coefficient (Wildman–Crippen LogP) is 4.40. The number of rotatable bonds is 1.